The molecule has 0 radical (unpaired) electrons. The van der Waals surface area contributed by atoms with Gasteiger partial charge in [0.1, 0.15) is 6.04 Å². The molecule has 0 aromatic heterocycles. The molecule has 2 nitrogen and oxygen atoms in total. The summed E-state index contributed by atoms with van der Waals surface area (Å²) in [7, 11) is 0. The molecular formula is C16H10Cl2F3NO. The maximum Gasteiger partial charge on any atom is 0.416 e. The van der Waals surface area contributed by atoms with E-state index in [0.717, 1.165) is 12.1 Å². The lowest BCUT2D eigenvalue weighted by Gasteiger charge is -2.49. The van der Waals surface area contributed by atoms with Crippen molar-refractivity contribution in [2.24, 2.45) is 0 Å². The van der Waals surface area contributed by atoms with Gasteiger partial charge >= 0.3 is 6.18 Å². The first-order valence-electron chi connectivity index (χ1n) is 6.66. The molecule has 1 aliphatic heterocycles. The second-order valence-electron chi connectivity index (χ2n) is 5.16. The molecule has 1 aliphatic rings. The fourth-order valence-corrected chi connectivity index (χ4v) is 3.19. The number of nitrogens with zero attached hydrogens (tertiary/aromatic N) is 1. The van der Waals surface area contributed by atoms with Gasteiger partial charge in [-0.2, -0.15) is 13.2 Å². The van der Waals surface area contributed by atoms with Gasteiger partial charge in [-0.3, -0.25) is 9.69 Å². The zero-order chi connectivity index (χ0) is 16.8. The van der Waals surface area contributed by atoms with Crippen molar-refractivity contribution >= 4 is 34.8 Å². The van der Waals surface area contributed by atoms with E-state index in [1.54, 1.807) is 30.3 Å². The van der Waals surface area contributed by atoms with E-state index in [0.29, 0.717) is 11.3 Å². The third-order valence-corrected chi connectivity index (χ3v) is 4.43. The van der Waals surface area contributed by atoms with E-state index < -0.39 is 28.0 Å². The molecule has 3 rings (SSSR count). The van der Waals surface area contributed by atoms with Crippen molar-refractivity contribution in [2.75, 3.05) is 4.90 Å². The van der Waals surface area contributed by atoms with Crippen LogP contribution in [0.2, 0.25) is 0 Å². The number of β-lactam (4-membered cyclic amide) rings is 1. The Bertz CT molecular complexity index is 729. The topological polar surface area (TPSA) is 20.3 Å². The van der Waals surface area contributed by atoms with Gasteiger partial charge in [0, 0.05) is 5.69 Å². The smallest absolute Gasteiger partial charge is 0.299 e. The van der Waals surface area contributed by atoms with E-state index in [9.17, 15) is 18.0 Å². The molecule has 1 saturated heterocycles. The maximum atomic E-state index is 12.6. The maximum absolute atomic E-state index is 12.6. The minimum atomic E-state index is -4.43. The number of rotatable bonds is 2. The van der Waals surface area contributed by atoms with Gasteiger partial charge in [-0.05, 0) is 29.8 Å². The lowest BCUT2D eigenvalue weighted by atomic mass is 9.91. The molecule has 0 saturated carbocycles. The van der Waals surface area contributed by atoms with E-state index >= 15 is 0 Å². The molecule has 1 heterocycles. The van der Waals surface area contributed by atoms with Gasteiger partial charge in [0.05, 0.1) is 5.56 Å². The zero-order valence-corrected chi connectivity index (χ0v) is 13.0. The average molecular weight is 360 g/mol. The monoisotopic (exact) mass is 359 g/mol. The van der Waals surface area contributed by atoms with Crippen LogP contribution < -0.4 is 4.90 Å². The van der Waals surface area contributed by atoms with Crippen molar-refractivity contribution in [2.45, 2.75) is 16.6 Å². The van der Waals surface area contributed by atoms with Crippen LogP contribution in [-0.2, 0) is 11.0 Å². The van der Waals surface area contributed by atoms with Gasteiger partial charge in [-0.1, -0.05) is 53.5 Å². The predicted octanol–water partition coefficient (Wildman–Crippen LogP) is 4.97. The molecule has 1 amide bonds. The Hall–Kier alpha value is -1.72. The quantitative estimate of drug-likeness (QED) is 0.547. The van der Waals surface area contributed by atoms with Crippen LogP contribution in [0.3, 0.4) is 0 Å². The summed E-state index contributed by atoms with van der Waals surface area (Å²) in [6.07, 6.45) is -4.43. The van der Waals surface area contributed by atoms with Crippen molar-refractivity contribution < 1.29 is 18.0 Å². The number of hydrogen-bond donors (Lipinski definition) is 0. The lowest BCUT2D eigenvalue weighted by Crippen LogP contribution is -2.62. The number of benzene rings is 2. The Morgan fingerprint density at radius 3 is 2.04 bits per heavy atom. The predicted molar refractivity (Wildman–Crippen MR) is 82.6 cm³/mol. The molecule has 0 N–H and O–H groups in total. The number of anilines is 1. The molecule has 120 valence electrons. The van der Waals surface area contributed by atoms with E-state index in [-0.39, 0.29) is 0 Å². The molecule has 0 bridgehead atoms. The van der Waals surface area contributed by atoms with Gasteiger partial charge in [-0.15, -0.1) is 0 Å². The first kappa shape index (κ1) is 16.1. The van der Waals surface area contributed by atoms with Gasteiger partial charge in [0.2, 0.25) is 4.33 Å². The summed E-state index contributed by atoms with van der Waals surface area (Å²) in [4.78, 5) is 13.5. The van der Waals surface area contributed by atoms with Crippen molar-refractivity contribution in [3.05, 3.63) is 65.7 Å². The molecule has 7 heteroatoms. The van der Waals surface area contributed by atoms with Crippen molar-refractivity contribution in [3.8, 4) is 0 Å². The first-order chi connectivity index (χ1) is 10.7. The number of amides is 1. The lowest BCUT2D eigenvalue weighted by molar-refractivity contribution is -0.137. The first-order valence-corrected chi connectivity index (χ1v) is 7.42. The van der Waals surface area contributed by atoms with Gasteiger partial charge in [0.25, 0.3) is 5.91 Å². The Morgan fingerprint density at radius 2 is 1.52 bits per heavy atom. The number of carbonyl (C=O) groups excluding carboxylic acids is 1. The summed E-state index contributed by atoms with van der Waals surface area (Å²) in [5, 5.41) is 0. The van der Waals surface area contributed by atoms with Crippen LogP contribution in [-0.4, -0.2) is 10.2 Å². The van der Waals surface area contributed by atoms with E-state index in [1.165, 1.54) is 17.0 Å². The Labute approximate surface area is 140 Å². The standard InChI is InChI=1S/C16H10Cl2F3NO/c17-15(18)13(10-4-2-1-3-5-10)22(14(15)23)12-8-6-11(7-9-12)16(19,20)21/h1-9,13H. The van der Waals surface area contributed by atoms with Gasteiger partial charge in [-0.25, -0.2) is 0 Å². The van der Waals surface area contributed by atoms with Crippen LogP contribution in [0.15, 0.2) is 54.6 Å². The Balaban J connectivity index is 1.97. The SMILES string of the molecule is O=C1N(c2ccc(C(F)(F)F)cc2)C(c2ccccc2)C1(Cl)Cl. The third kappa shape index (κ3) is 2.68. The summed E-state index contributed by atoms with van der Waals surface area (Å²) in [5.74, 6) is -0.561. The highest BCUT2D eigenvalue weighted by Crippen LogP contribution is 2.52. The molecule has 1 atom stereocenters. The summed E-state index contributed by atoms with van der Waals surface area (Å²) >= 11 is 12.2. The van der Waals surface area contributed by atoms with E-state index in [1.807, 2.05) is 0 Å². The highest BCUT2D eigenvalue weighted by Gasteiger charge is 2.60. The molecule has 2 aromatic rings. The van der Waals surface area contributed by atoms with Crippen LogP contribution in [0.1, 0.15) is 17.2 Å². The van der Waals surface area contributed by atoms with Crippen molar-refractivity contribution in [3.63, 3.8) is 0 Å². The Morgan fingerprint density at radius 1 is 0.957 bits per heavy atom. The van der Waals surface area contributed by atoms with Crippen LogP contribution in [0.5, 0.6) is 0 Å². The van der Waals surface area contributed by atoms with Crippen LogP contribution in [0, 0.1) is 0 Å². The summed E-state index contributed by atoms with van der Waals surface area (Å²) in [6, 6.07) is 12.5. The molecule has 0 spiro atoms. The minimum Gasteiger partial charge on any atom is -0.299 e. The number of halogens is 5. The molecule has 2 aromatic carbocycles. The van der Waals surface area contributed by atoms with Gasteiger partial charge < -0.3 is 0 Å². The van der Waals surface area contributed by atoms with Gasteiger partial charge in [0.15, 0.2) is 0 Å². The van der Waals surface area contributed by atoms with E-state index in [2.05, 4.69) is 0 Å². The largest absolute Gasteiger partial charge is 0.416 e. The fraction of sp³-hybridized carbons (Fsp3) is 0.188. The van der Waals surface area contributed by atoms with Crippen molar-refractivity contribution in [1.29, 1.82) is 0 Å². The highest BCUT2D eigenvalue weighted by molar-refractivity contribution is 6.62. The third-order valence-electron chi connectivity index (χ3n) is 3.69. The molecule has 1 unspecified atom stereocenters. The summed E-state index contributed by atoms with van der Waals surface area (Å²) in [5.41, 5.74) is 0.235. The fourth-order valence-electron chi connectivity index (χ4n) is 2.56. The second-order valence-corrected chi connectivity index (χ2v) is 6.54. The number of carbonyl (C=O) groups is 1. The van der Waals surface area contributed by atoms with Crippen molar-refractivity contribution in [1.82, 2.24) is 0 Å². The summed E-state index contributed by atoms with van der Waals surface area (Å²) in [6.45, 7) is 0. The highest BCUT2D eigenvalue weighted by atomic mass is 35.5. The molecule has 1 fully saturated rings. The van der Waals surface area contributed by atoms with E-state index in [4.69, 9.17) is 23.2 Å². The molecular weight excluding hydrogens is 350 g/mol. The zero-order valence-electron chi connectivity index (χ0n) is 11.5. The second kappa shape index (κ2) is 5.42. The van der Waals surface area contributed by atoms with Crippen LogP contribution >= 0.6 is 23.2 Å². The summed E-state index contributed by atoms with van der Waals surface area (Å²) < 4.78 is 36.3. The Kier molecular flexibility index (Phi) is 3.81. The molecule has 23 heavy (non-hydrogen) atoms. The number of hydrogen-bond acceptors (Lipinski definition) is 1. The number of alkyl halides is 5. The van der Waals surface area contributed by atoms with Crippen LogP contribution in [0.4, 0.5) is 18.9 Å². The van der Waals surface area contributed by atoms with Crippen LogP contribution in [0.25, 0.3) is 0 Å². The molecule has 0 aliphatic carbocycles. The average Bonchev–Trinajstić information content (AvgIpc) is 2.52. The normalized spacial score (nSPS) is 20.3. The minimum absolute atomic E-state index is 0.314.